The number of nitrogens with zero attached hydrogens (tertiary/aromatic N) is 5. The monoisotopic (exact) mass is 432 g/mol. The number of fused-ring (bicyclic) bond motifs is 1. The molecule has 170 valence electrons. The summed E-state index contributed by atoms with van der Waals surface area (Å²) in [4.78, 5) is 16.7. The number of benzene rings is 1. The molecular weight excluding hydrogens is 396 g/mol. The van der Waals surface area contributed by atoms with Crippen LogP contribution >= 0.6 is 0 Å². The van der Waals surface area contributed by atoms with E-state index >= 15 is 0 Å². The van der Waals surface area contributed by atoms with E-state index in [-0.39, 0.29) is 5.41 Å². The van der Waals surface area contributed by atoms with Crippen molar-refractivity contribution in [2.24, 2.45) is 13.0 Å². The fourth-order valence-electron chi connectivity index (χ4n) is 4.40. The largest absolute Gasteiger partial charge is 0.341 e. The summed E-state index contributed by atoms with van der Waals surface area (Å²) in [6, 6.07) is 6.63. The third-order valence-corrected chi connectivity index (χ3v) is 6.79. The van der Waals surface area contributed by atoms with Gasteiger partial charge in [-0.3, -0.25) is 0 Å². The number of hydrogen-bond acceptors (Lipinski definition) is 5. The molecule has 0 saturated carbocycles. The van der Waals surface area contributed by atoms with E-state index < -0.39 is 0 Å². The van der Waals surface area contributed by atoms with Crippen LogP contribution in [-0.2, 0) is 12.5 Å². The molecule has 32 heavy (non-hydrogen) atoms. The van der Waals surface area contributed by atoms with Gasteiger partial charge in [-0.25, -0.2) is 4.98 Å². The molecule has 3 aromatic rings. The maximum atomic E-state index is 5.00. The summed E-state index contributed by atoms with van der Waals surface area (Å²) in [5.41, 5.74) is 6.79. The van der Waals surface area contributed by atoms with Crippen LogP contribution in [0.1, 0.15) is 58.6 Å². The first kappa shape index (κ1) is 22.3. The van der Waals surface area contributed by atoms with E-state index in [0.29, 0.717) is 5.92 Å². The van der Waals surface area contributed by atoms with Crippen molar-refractivity contribution in [1.29, 1.82) is 0 Å². The highest BCUT2D eigenvalue weighted by atomic mass is 15.3. The second-order valence-corrected chi connectivity index (χ2v) is 10.1. The summed E-state index contributed by atoms with van der Waals surface area (Å²) in [6.07, 6.45) is 6.33. The quantitative estimate of drug-likeness (QED) is 0.521. The van der Waals surface area contributed by atoms with Crippen LogP contribution in [0.15, 0.2) is 36.2 Å². The average Bonchev–Trinajstić information content (AvgIpc) is 3.15. The fraction of sp³-hybridized carbons (Fsp3) is 0.500. The van der Waals surface area contributed by atoms with Crippen molar-refractivity contribution in [3.8, 4) is 0 Å². The standard InChI is InChI=1S/C26H36N6/c1-8-17(2)19-11-13-32(14-12-19)25-29-23-22(31(7)16-27-23)24(30-25)28-21-15-20(26(4,5)6)10-9-18(21)3/h8-10,15-16,19H,11-14H2,1-7H3,(H,28,29,30). The lowest BCUT2D eigenvalue weighted by atomic mass is 9.86. The van der Waals surface area contributed by atoms with Gasteiger partial charge < -0.3 is 14.8 Å². The second-order valence-electron chi connectivity index (χ2n) is 10.1. The normalized spacial score (nSPS) is 16.1. The summed E-state index contributed by atoms with van der Waals surface area (Å²) in [7, 11) is 1.99. The van der Waals surface area contributed by atoms with Gasteiger partial charge in [-0.15, -0.1) is 0 Å². The van der Waals surface area contributed by atoms with Crippen molar-refractivity contribution in [2.45, 2.75) is 59.8 Å². The van der Waals surface area contributed by atoms with Gasteiger partial charge in [0.25, 0.3) is 0 Å². The zero-order valence-corrected chi connectivity index (χ0v) is 20.5. The molecule has 2 aromatic heterocycles. The maximum Gasteiger partial charge on any atom is 0.229 e. The molecule has 0 radical (unpaired) electrons. The second kappa shape index (κ2) is 8.57. The van der Waals surface area contributed by atoms with Crippen molar-refractivity contribution in [1.82, 2.24) is 19.5 Å². The number of piperidine rings is 1. The molecule has 1 aliphatic rings. The number of imidazole rings is 1. The zero-order valence-electron chi connectivity index (χ0n) is 20.5. The third-order valence-electron chi connectivity index (χ3n) is 6.79. The molecule has 0 bridgehead atoms. The average molecular weight is 433 g/mol. The summed E-state index contributed by atoms with van der Waals surface area (Å²) < 4.78 is 1.99. The number of hydrogen-bond donors (Lipinski definition) is 1. The summed E-state index contributed by atoms with van der Waals surface area (Å²) in [6.45, 7) is 15.2. The number of aromatic nitrogens is 4. The Bertz CT molecular complexity index is 1140. The van der Waals surface area contributed by atoms with E-state index in [9.17, 15) is 0 Å². The van der Waals surface area contributed by atoms with Crippen molar-refractivity contribution < 1.29 is 0 Å². The predicted molar refractivity (Wildman–Crippen MR) is 134 cm³/mol. The minimum Gasteiger partial charge on any atom is -0.341 e. The first-order valence-corrected chi connectivity index (χ1v) is 11.6. The smallest absolute Gasteiger partial charge is 0.229 e. The predicted octanol–water partition coefficient (Wildman–Crippen LogP) is 5.90. The van der Waals surface area contributed by atoms with Crippen LogP contribution < -0.4 is 10.2 Å². The molecule has 4 rings (SSSR count). The van der Waals surface area contributed by atoms with Gasteiger partial charge in [0.05, 0.1) is 6.33 Å². The SMILES string of the molecule is CC=C(C)C1CCN(c2nc(Nc3cc(C(C)(C)C)ccc3C)c3c(ncn3C)n2)CC1. The van der Waals surface area contributed by atoms with Gasteiger partial charge in [-0.05, 0) is 62.1 Å². The zero-order chi connectivity index (χ0) is 23.0. The van der Waals surface area contributed by atoms with Gasteiger partial charge in [0.1, 0.15) is 5.52 Å². The lowest BCUT2D eigenvalue weighted by Crippen LogP contribution is -2.35. The molecule has 6 nitrogen and oxygen atoms in total. The van der Waals surface area contributed by atoms with Crippen LogP contribution in [0.4, 0.5) is 17.5 Å². The summed E-state index contributed by atoms with van der Waals surface area (Å²) in [5, 5.41) is 3.62. The Labute approximate surface area is 191 Å². The highest BCUT2D eigenvalue weighted by Crippen LogP contribution is 2.32. The number of rotatable bonds is 4. The van der Waals surface area contributed by atoms with E-state index in [1.807, 2.05) is 17.9 Å². The van der Waals surface area contributed by atoms with Crippen LogP contribution in [0, 0.1) is 12.8 Å². The van der Waals surface area contributed by atoms with Crippen LogP contribution in [0.3, 0.4) is 0 Å². The number of allylic oxidation sites excluding steroid dienone is 2. The number of anilines is 3. The topological polar surface area (TPSA) is 58.9 Å². The molecule has 1 aromatic carbocycles. The third kappa shape index (κ3) is 4.36. The Morgan fingerprint density at radius 1 is 1.16 bits per heavy atom. The molecule has 1 N–H and O–H groups in total. The van der Waals surface area contributed by atoms with E-state index in [1.54, 1.807) is 0 Å². The van der Waals surface area contributed by atoms with Gasteiger partial charge >= 0.3 is 0 Å². The van der Waals surface area contributed by atoms with E-state index in [0.717, 1.165) is 54.5 Å². The van der Waals surface area contributed by atoms with Crippen molar-refractivity contribution in [3.05, 3.63) is 47.3 Å². The molecule has 0 unspecified atom stereocenters. The van der Waals surface area contributed by atoms with Crippen LogP contribution in [0.2, 0.25) is 0 Å². The Morgan fingerprint density at radius 2 is 1.88 bits per heavy atom. The molecule has 0 aliphatic carbocycles. The Morgan fingerprint density at radius 3 is 2.53 bits per heavy atom. The fourth-order valence-corrected chi connectivity index (χ4v) is 4.40. The molecule has 0 spiro atoms. The molecule has 0 atom stereocenters. The lowest BCUT2D eigenvalue weighted by molar-refractivity contribution is 0.454. The molecule has 1 aliphatic heterocycles. The molecule has 6 heteroatoms. The van der Waals surface area contributed by atoms with Crippen LogP contribution in [0.25, 0.3) is 11.2 Å². The Hall–Kier alpha value is -2.89. The first-order valence-electron chi connectivity index (χ1n) is 11.6. The molecule has 3 heterocycles. The van der Waals surface area contributed by atoms with Gasteiger partial charge in [0.15, 0.2) is 11.5 Å². The minimum atomic E-state index is 0.0816. The van der Waals surface area contributed by atoms with Crippen LogP contribution in [0.5, 0.6) is 0 Å². The number of aryl methyl sites for hydroxylation is 2. The molecular formula is C26H36N6. The number of nitrogens with one attached hydrogen (secondary N) is 1. The van der Waals surface area contributed by atoms with E-state index in [1.165, 1.54) is 16.7 Å². The lowest BCUT2D eigenvalue weighted by Gasteiger charge is -2.32. The Kier molecular flexibility index (Phi) is 5.97. The Balaban J connectivity index is 1.69. The molecule has 1 saturated heterocycles. The minimum absolute atomic E-state index is 0.0816. The van der Waals surface area contributed by atoms with Crippen molar-refractivity contribution in [3.63, 3.8) is 0 Å². The maximum absolute atomic E-state index is 5.00. The van der Waals surface area contributed by atoms with E-state index in [2.05, 4.69) is 81.0 Å². The highest BCUT2D eigenvalue weighted by molar-refractivity contribution is 5.87. The first-order chi connectivity index (χ1) is 15.2. The van der Waals surface area contributed by atoms with Crippen molar-refractivity contribution >= 4 is 28.6 Å². The van der Waals surface area contributed by atoms with Gasteiger partial charge in [0.2, 0.25) is 5.95 Å². The van der Waals surface area contributed by atoms with Gasteiger partial charge in [-0.2, -0.15) is 9.97 Å². The van der Waals surface area contributed by atoms with Gasteiger partial charge in [0, 0.05) is 25.8 Å². The molecule has 1 fully saturated rings. The van der Waals surface area contributed by atoms with E-state index in [4.69, 9.17) is 9.97 Å². The highest BCUT2D eigenvalue weighted by Gasteiger charge is 2.24. The molecule has 0 amide bonds. The van der Waals surface area contributed by atoms with Gasteiger partial charge in [-0.1, -0.05) is 44.6 Å². The summed E-state index contributed by atoms with van der Waals surface area (Å²) >= 11 is 0. The van der Waals surface area contributed by atoms with Crippen molar-refractivity contribution in [2.75, 3.05) is 23.3 Å². The summed E-state index contributed by atoms with van der Waals surface area (Å²) in [5.74, 6) is 2.24. The van der Waals surface area contributed by atoms with Crippen LogP contribution in [-0.4, -0.2) is 32.6 Å².